The number of ether oxygens (including phenoxy) is 1. The summed E-state index contributed by atoms with van der Waals surface area (Å²) >= 11 is 0. The van der Waals surface area contributed by atoms with Crippen molar-refractivity contribution < 1.29 is 45.8 Å². The molecule has 192 valence electrons. The first-order valence-corrected chi connectivity index (χ1v) is 10.5. The molecule has 0 aromatic carbocycles. The van der Waals surface area contributed by atoms with E-state index in [1.54, 1.807) is 13.3 Å². The van der Waals surface area contributed by atoms with Crippen LogP contribution in [0.1, 0.15) is 40.7 Å². The number of aromatic nitrogens is 2. The molecule has 4 rings (SSSR count). The van der Waals surface area contributed by atoms with Crippen LogP contribution in [-0.4, -0.2) is 75.6 Å². The summed E-state index contributed by atoms with van der Waals surface area (Å²) in [6, 6.07) is 3.78. The molecule has 35 heavy (non-hydrogen) atoms. The van der Waals surface area contributed by atoms with E-state index in [1.165, 1.54) is 4.90 Å². The number of methoxy groups -OCH3 is 1. The Bertz CT molecular complexity index is 1030. The van der Waals surface area contributed by atoms with Crippen LogP contribution >= 0.6 is 0 Å². The number of alkyl halides is 5. The molecule has 4 heterocycles. The predicted molar refractivity (Wildman–Crippen MR) is 109 cm³/mol. The number of pyridine rings is 1. The molecule has 1 amide bonds. The SMILES string of the molecule is COc1ccc(CN2CCc3oc(C(=O)N4CCC(F)(F)CC4)nc3C2)nc1.O=C(O)C(F)(F)F. The molecule has 14 heteroatoms. The predicted octanol–water partition coefficient (Wildman–Crippen LogP) is 3.14. The van der Waals surface area contributed by atoms with Gasteiger partial charge in [0.2, 0.25) is 0 Å². The molecule has 0 atom stereocenters. The second-order valence-electron chi connectivity index (χ2n) is 7.99. The number of carboxylic acid groups (broad SMARTS) is 1. The van der Waals surface area contributed by atoms with Crippen molar-refractivity contribution in [2.45, 2.75) is 44.5 Å². The van der Waals surface area contributed by atoms with E-state index in [0.29, 0.717) is 31.0 Å². The van der Waals surface area contributed by atoms with Gasteiger partial charge in [0.15, 0.2) is 0 Å². The molecule has 0 saturated carbocycles. The first-order valence-electron chi connectivity index (χ1n) is 10.5. The maximum atomic E-state index is 13.3. The number of fused-ring (bicyclic) bond motifs is 1. The number of amides is 1. The highest BCUT2D eigenvalue weighted by Gasteiger charge is 2.38. The van der Waals surface area contributed by atoms with Crippen LogP contribution in [0.25, 0.3) is 0 Å². The van der Waals surface area contributed by atoms with Gasteiger partial charge in [-0.1, -0.05) is 0 Å². The summed E-state index contributed by atoms with van der Waals surface area (Å²) in [7, 11) is 1.60. The van der Waals surface area contributed by atoms with Crippen LogP contribution in [-0.2, 0) is 24.3 Å². The van der Waals surface area contributed by atoms with Crippen molar-refractivity contribution in [3.8, 4) is 5.75 Å². The highest BCUT2D eigenvalue weighted by atomic mass is 19.4. The van der Waals surface area contributed by atoms with Crippen molar-refractivity contribution in [1.29, 1.82) is 0 Å². The number of oxazole rings is 1. The van der Waals surface area contributed by atoms with Gasteiger partial charge in [0.05, 0.1) is 24.7 Å². The van der Waals surface area contributed by atoms with Gasteiger partial charge in [-0.3, -0.25) is 14.7 Å². The first kappa shape index (κ1) is 26.3. The van der Waals surface area contributed by atoms with Crippen LogP contribution in [0.5, 0.6) is 5.75 Å². The van der Waals surface area contributed by atoms with E-state index < -0.39 is 24.0 Å². The minimum absolute atomic E-state index is 0.000334. The van der Waals surface area contributed by atoms with Crippen molar-refractivity contribution in [3.05, 3.63) is 41.4 Å². The van der Waals surface area contributed by atoms with E-state index in [2.05, 4.69) is 14.9 Å². The van der Waals surface area contributed by atoms with Crippen LogP contribution in [0, 0.1) is 0 Å². The first-order chi connectivity index (χ1) is 16.4. The average Bonchev–Trinajstić information content (AvgIpc) is 3.22. The second-order valence-corrected chi connectivity index (χ2v) is 7.99. The zero-order chi connectivity index (χ0) is 25.8. The van der Waals surface area contributed by atoms with Crippen LogP contribution in [0.4, 0.5) is 22.0 Å². The zero-order valence-electron chi connectivity index (χ0n) is 18.6. The van der Waals surface area contributed by atoms with Crippen molar-refractivity contribution >= 4 is 11.9 Å². The Morgan fingerprint density at radius 3 is 2.40 bits per heavy atom. The second kappa shape index (κ2) is 10.5. The van der Waals surface area contributed by atoms with Gasteiger partial charge in [-0.15, -0.1) is 0 Å². The number of carbonyl (C=O) groups is 2. The number of likely N-dealkylation sites (tertiary alicyclic amines) is 1. The summed E-state index contributed by atoms with van der Waals surface area (Å²) in [6.45, 7) is 2.01. The number of hydrogen-bond donors (Lipinski definition) is 1. The summed E-state index contributed by atoms with van der Waals surface area (Å²) in [5, 5.41) is 7.12. The molecule has 1 N–H and O–H groups in total. The number of hydrogen-bond acceptors (Lipinski definition) is 7. The topological polar surface area (TPSA) is 109 Å². The number of halogens is 5. The highest BCUT2D eigenvalue weighted by molar-refractivity contribution is 5.89. The summed E-state index contributed by atoms with van der Waals surface area (Å²) in [5.41, 5.74) is 1.64. The summed E-state index contributed by atoms with van der Waals surface area (Å²) in [6.07, 6.45) is -3.40. The summed E-state index contributed by atoms with van der Waals surface area (Å²) < 4.78 is 69.1. The van der Waals surface area contributed by atoms with Gasteiger partial charge in [0.1, 0.15) is 11.5 Å². The Morgan fingerprint density at radius 1 is 1.20 bits per heavy atom. The third kappa shape index (κ3) is 7.10. The van der Waals surface area contributed by atoms with Crippen molar-refractivity contribution in [1.82, 2.24) is 19.8 Å². The fourth-order valence-electron chi connectivity index (χ4n) is 3.51. The number of nitrogens with zero attached hydrogens (tertiary/aromatic N) is 4. The number of rotatable bonds is 4. The molecule has 2 aliphatic heterocycles. The minimum atomic E-state index is -5.08. The molecule has 0 radical (unpaired) electrons. The molecule has 0 bridgehead atoms. The molecule has 2 aromatic heterocycles. The van der Waals surface area contributed by atoms with Gasteiger partial charge >= 0.3 is 18.1 Å². The molecule has 2 aliphatic rings. The van der Waals surface area contributed by atoms with E-state index in [9.17, 15) is 26.7 Å². The standard InChI is InChI=1S/C19H22F2N4O3.C2HF3O2/c1-27-14-3-2-13(22-10-14)11-24-7-4-16-15(12-24)23-17(28-16)18(26)25-8-5-19(20,21)6-9-25;3-2(4,5)1(6)7/h2-3,10H,4-9,11-12H2,1H3;(H,6,7). The third-order valence-electron chi connectivity index (χ3n) is 5.43. The molecular weight excluding hydrogens is 483 g/mol. The quantitative estimate of drug-likeness (QED) is 0.631. The molecule has 0 aliphatic carbocycles. The summed E-state index contributed by atoms with van der Waals surface area (Å²) in [4.78, 5) is 33.7. The Morgan fingerprint density at radius 2 is 1.86 bits per heavy atom. The molecule has 1 saturated heterocycles. The largest absolute Gasteiger partial charge is 0.495 e. The van der Waals surface area contributed by atoms with Gasteiger partial charge in [-0.2, -0.15) is 13.2 Å². The Balaban J connectivity index is 0.000000429. The van der Waals surface area contributed by atoms with E-state index in [1.807, 2.05) is 12.1 Å². The van der Waals surface area contributed by atoms with Crippen molar-refractivity contribution in [2.75, 3.05) is 26.7 Å². The normalized spacial score (nSPS) is 17.7. The Hall–Kier alpha value is -3.29. The van der Waals surface area contributed by atoms with Crippen molar-refractivity contribution in [2.24, 2.45) is 0 Å². The van der Waals surface area contributed by atoms with Gasteiger partial charge in [-0.25, -0.2) is 18.6 Å². The van der Waals surface area contributed by atoms with Gasteiger partial charge in [0, 0.05) is 52.0 Å². The Labute approximate surface area is 196 Å². The number of carbonyl (C=O) groups excluding carboxylic acids is 1. The lowest BCUT2D eigenvalue weighted by Crippen LogP contribution is -2.42. The molecule has 2 aromatic rings. The van der Waals surface area contributed by atoms with E-state index in [0.717, 1.165) is 17.9 Å². The highest BCUT2D eigenvalue weighted by Crippen LogP contribution is 2.29. The fourth-order valence-corrected chi connectivity index (χ4v) is 3.51. The number of aliphatic carboxylic acids is 1. The lowest BCUT2D eigenvalue weighted by molar-refractivity contribution is -0.192. The van der Waals surface area contributed by atoms with Gasteiger partial charge in [-0.05, 0) is 12.1 Å². The maximum absolute atomic E-state index is 13.3. The Kier molecular flexibility index (Phi) is 7.93. The average molecular weight is 506 g/mol. The van der Waals surface area contributed by atoms with Crippen LogP contribution in [0.2, 0.25) is 0 Å². The summed E-state index contributed by atoms with van der Waals surface area (Å²) in [5.74, 6) is -4.45. The number of piperidine rings is 1. The molecule has 1 fully saturated rings. The molecule has 0 unspecified atom stereocenters. The monoisotopic (exact) mass is 506 g/mol. The lowest BCUT2D eigenvalue weighted by Gasteiger charge is -2.30. The van der Waals surface area contributed by atoms with E-state index in [4.69, 9.17) is 19.1 Å². The van der Waals surface area contributed by atoms with Crippen LogP contribution in [0.15, 0.2) is 22.7 Å². The van der Waals surface area contributed by atoms with E-state index >= 15 is 0 Å². The lowest BCUT2D eigenvalue weighted by atomic mass is 10.1. The molecular formula is C21H23F5N4O5. The van der Waals surface area contributed by atoms with E-state index in [-0.39, 0.29) is 31.8 Å². The third-order valence-corrected chi connectivity index (χ3v) is 5.43. The van der Waals surface area contributed by atoms with Crippen molar-refractivity contribution in [3.63, 3.8) is 0 Å². The number of carboxylic acids is 1. The van der Waals surface area contributed by atoms with Gasteiger partial charge < -0.3 is 19.2 Å². The van der Waals surface area contributed by atoms with Gasteiger partial charge in [0.25, 0.3) is 11.8 Å². The fraction of sp³-hybridized carbons (Fsp3) is 0.524. The van der Waals surface area contributed by atoms with Crippen LogP contribution < -0.4 is 4.74 Å². The molecule has 9 nitrogen and oxygen atoms in total. The van der Waals surface area contributed by atoms with Crippen LogP contribution in [0.3, 0.4) is 0 Å². The molecule has 0 spiro atoms. The smallest absolute Gasteiger partial charge is 0.490 e. The zero-order valence-corrected chi connectivity index (χ0v) is 18.6. The maximum Gasteiger partial charge on any atom is 0.490 e. The minimum Gasteiger partial charge on any atom is -0.495 e.